The highest BCUT2D eigenvalue weighted by Gasteiger charge is 2.19. The van der Waals surface area contributed by atoms with Crippen LogP contribution in [0.25, 0.3) is 0 Å². The van der Waals surface area contributed by atoms with Crippen LogP contribution < -0.4 is 15.4 Å². The second kappa shape index (κ2) is 11.7. The third-order valence-electron chi connectivity index (χ3n) is 4.84. The number of amides is 1. The average molecular weight is 424 g/mol. The lowest BCUT2D eigenvalue weighted by Gasteiger charge is -2.22. The Hall–Kier alpha value is -2.16. The zero-order valence-electron chi connectivity index (χ0n) is 17.0. The number of methoxy groups -OCH3 is 1. The predicted octanol–water partition coefficient (Wildman–Crippen LogP) is 2.28. The molecule has 2 heterocycles. The van der Waals surface area contributed by atoms with Crippen molar-refractivity contribution in [3.8, 4) is 5.75 Å². The minimum absolute atomic E-state index is 0. The van der Waals surface area contributed by atoms with Crippen LogP contribution in [0.3, 0.4) is 0 Å². The number of halogens is 1. The maximum absolute atomic E-state index is 12.5. The molecule has 1 aromatic heterocycles. The molecule has 0 saturated carbocycles. The number of ether oxygens (including phenoxy) is 2. The molecule has 1 aliphatic rings. The number of aryl methyl sites for hydroxylation is 1. The molecule has 9 heteroatoms. The first-order chi connectivity index (χ1) is 13.7. The number of hydrogen-bond acceptors (Lipinski definition) is 6. The summed E-state index contributed by atoms with van der Waals surface area (Å²) in [4.78, 5) is 12.5. The number of hydrogen-bond donors (Lipinski definition) is 2. The van der Waals surface area contributed by atoms with Gasteiger partial charge in [-0.15, -0.1) is 17.5 Å². The van der Waals surface area contributed by atoms with Crippen molar-refractivity contribution in [3.05, 3.63) is 41.2 Å². The molecule has 1 amide bonds. The topological polar surface area (TPSA) is 90.3 Å². The van der Waals surface area contributed by atoms with Gasteiger partial charge in [0.1, 0.15) is 5.75 Å². The van der Waals surface area contributed by atoms with Crippen LogP contribution >= 0.6 is 12.4 Å². The van der Waals surface area contributed by atoms with Gasteiger partial charge in [0.25, 0.3) is 5.91 Å². The largest absolute Gasteiger partial charge is 0.493 e. The number of carbonyl (C=O) groups excluding carboxylic acids is 1. The van der Waals surface area contributed by atoms with E-state index in [1.807, 2.05) is 29.8 Å². The minimum atomic E-state index is -0.230. The highest BCUT2D eigenvalue weighted by atomic mass is 35.5. The van der Waals surface area contributed by atoms with E-state index in [0.717, 1.165) is 49.2 Å². The van der Waals surface area contributed by atoms with Gasteiger partial charge in [-0.2, -0.15) is 0 Å². The maximum Gasteiger partial charge on any atom is 0.273 e. The molecule has 1 aliphatic heterocycles. The summed E-state index contributed by atoms with van der Waals surface area (Å²) in [6.07, 6.45) is 4.55. The van der Waals surface area contributed by atoms with E-state index in [0.29, 0.717) is 31.5 Å². The Bertz CT molecular complexity index is 777. The Morgan fingerprint density at radius 1 is 1.31 bits per heavy atom. The van der Waals surface area contributed by atoms with Gasteiger partial charge in [0, 0.05) is 32.2 Å². The molecule has 3 rings (SSSR count). The van der Waals surface area contributed by atoms with Gasteiger partial charge in [-0.3, -0.25) is 4.79 Å². The van der Waals surface area contributed by atoms with Crippen LogP contribution in [0, 0.1) is 6.92 Å². The summed E-state index contributed by atoms with van der Waals surface area (Å²) < 4.78 is 12.7. The molecule has 2 N–H and O–H groups in total. The number of aromatic nitrogens is 3. The van der Waals surface area contributed by atoms with E-state index >= 15 is 0 Å². The third kappa shape index (κ3) is 6.69. The predicted molar refractivity (Wildman–Crippen MR) is 113 cm³/mol. The zero-order valence-corrected chi connectivity index (χ0v) is 17.8. The summed E-state index contributed by atoms with van der Waals surface area (Å²) in [7, 11) is 1.68. The summed E-state index contributed by atoms with van der Waals surface area (Å²) in [5.41, 5.74) is 2.39. The van der Waals surface area contributed by atoms with Crippen LogP contribution in [0.4, 0.5) is 0 Å². The lowest BCUT2D eigenvalue weighted by Crippen LogP contribution is -2.29. The fourth-order valence-electron chi connectivity index (χ4n) is 3.22. The Kier molecular flexibility index (Phi) is 9.37. The molecule has 29 heavy (non-hydrogen) atoms. The van der Waals surface area contributed by atoms with E-state index in [1.165, 1.54) is 0 Å². The highest BCUT2D eigenvalue weighted by molar-refractivity contribution is 5.91. The number of nitrogens with one attached hydrogen (secondary N) is 2. The van der Waals surface area contributed by atoms with Crippen molar-refractivity contribution in [2.24, 2.45) is 0 Å². The molecule has 2 aromatic rings. The van der Waals surface area contributed by atoms with E-state index in [4.69, 9.17) is 9.47 Å². The monoisotopic (exact) mass is 423 g/mol. The van der Waals surface area contributed by atoms with Gasteiger partial charge in [-0.1, -0.05) is 17.3 Å². The third-order valence-corrected chi connectivity index (χ3v) is 4.84. The number of benzene rings is 1. The molecule has 1 aromatic carbocycles. The van der Waals surface area contributed by atoms with Gasteiger partial charge in [0.15, 0.2) is 5.69 Å². The number of piperidine rings is 1. The molecule has 0 bridgehead atoms. The summed E-state index contributed by atoms with van der Waals surface area (Å²) in [5.74, 6) is 0.556. The van der Waals surface area contributed by atoms with Gasteiger partial charge in [-0.25, -0.2) is 4.68 Å². The van der Waals surface area contributed by atoms with Gasteiger partial charge in [0.05, 0.1) is 18.8 Å². The normalized spacial score (nSPS) is 14.3. The Morgan fingerprint density at radius 3 is 2.86 bits per heavy atom. The van der Waals surface area contributed by atoms with Crippen molar-refractivity contribution in [2.45, 2.75) is 38.8 Å². The fourth-order valence-corrected chi connectivity index (χ4v) is 3.22. The molecule has 160 valence electrons. The molecule has 0 aliphatic carbocycles. The van der Waals surface area contributed by atoms with Gasteiger partial charge in [-0.05, 0) is 44.5 Å². The Morgan fingerprint density at radius 2 is 2.10 bits per heavy atom. The SMILES string of the molecule is COCCCOc1cc(C)ccc1CNC(=O)c1cn(C2CCNCC2)nn1.Cl. The summed E-state index contributed by atoms with van der Waals surface area (Å²) in [5, 5.41) is 14.4. The van der Waals surface area contributed by atoms with Crippen molar-refractivity contribution in [1.29, 1.82) is 0 Å². The summed E-state index contributed by atoms with van der Waals surface area (Å²) in [6.45, 7) is 5.55. The smallest absolute Gasteiger partial charge is 0.273 e. The average Bonchev–Trinajstić information content (AvgIpc) is 3.21. The quantitative estimate of drug-likeness (QED) is 0.601. The van der Waals surface area contributed by atoms with Crippen molar-refractivity contribution < 1.29 is 14.3 Å². The van der Waals surface area contributed by atoms with Crippen molar-refractivity contribution in [2.75, 3.05) is 33.4 Å². The maximum atomic E-state index is 12.5. The van der Waals surface area contributed by atoms with Gasteiger partial charge in [0.2, 0.25) is 0 Å². The van der Waals surface area contributed by atoms with Crippen molar-refractivity contribution in [1.82, 2.24) is 25.6 Å². The summed E-state index contributed by atoms with van der Waals surface area (Å²) >= 11 is 0. The zero-order chi connectivity index (χ0) is 19.8. The van der Waals surface area contributed by atoms with Crippen molar-refractivity contribution >= 4 is 18.3 Å². The second-order valence-electron chi connectivity index (χ2n) is 7.05. The molecule has 8 nitrogen and oxygen atoms in total. The Balaban J connectivity index is 0.00000300. The summed E-state index contributed by atoms with van der Waals surface area (Å²) in [6, 6.07) is 6.28. The lowest BCUT2D eigenvalue weighted by atomic mass is 10.1. The standard InChI is InChI=1S/C20H29N5O3.ClH/c1-15-4-5-16(19(12-15)28-11-3-10-27-2)13-22-20(26)18-14-25(24-23-18)17-6-8-21-9-7-17;/h4-5,12,14,17,21H,3,6-11,13H2,1-2H3,(H,22,26);1H. The molecule has 0 atom stereocenters. The van der Waals surface area contributed by atoms with E-state index in [1.54, 1.807) is 13.3 Å². The molecule has 0 spiro atoms. The van der Waals surface area contributed by atoms with Crippen LogP contribution in [0.1, 0.15) is 46.9 Å². The molecule has 1 saturated heterocycles. The van der Waals surface area contributed by atoms with E-state index in [-0.39, 0.29) is 18.3 Å². The Labute approximate surface area is 177 Å². The van der Waals surface area contributed by atoms with Crippen molar-refractivity contribution in [3.63, 3.8) is 0 Å². The lowest BCUT2D eigenvalue weighted by molar-refractivity contribution is 0.0945. The molecular weight excluding hydrogens is 394 g/mol. The van der Waals surface area contributed by atoms with Gasteiger partial charge >= 0.3 is 0 Å². The van der Waals surface area contributed by atoms with Gasteiger partial charge < -0.3 is 20.1 Å². The molecule has 0 unspecified atom stereocenters. The van der Waals surface area contributed by atoms with Crippen LogP contribution in [0.2, 0.25) is 0 Å². The van der Waals surface area contributed by atoms with Crippen LogP contribution in [-0.4, -0.2) is 54.3 Å². The molecule has 1 fully saturated rings. The first-order valence-electron chi connectivity index (χ1n) is 9.79. The first-order valence-corrected chi connectivity index (χ1v) is 9.79. The van der Waals surface area contributed by atoms with Crippen LogP contribution in [-0.2, 0) is 11.3 Å². The number of nitrogens with zero attached hydrogens (tertiary/aromatic N) is 3. The van der Waals surface area contributed by atoms with E-state index in [2.05, 4.69) is 20.9 Å². The minimum Gasteiger partial charge on any atom is -0.493 e. The molecular formula is C20H30ClN5O3. The number of carbonyl (C=O) groups is 1. The van der Waals surface area contributed by atoms with E-state index in [9.17, 15) is 4.79 Å². The van der Waals surface area contributed by atoms with E-state index < -0.39 is 0 Å². The first kappa shape index (κ1) is 23.1. The fraction of sp³-hybridized carbons (Fsp3) is 0.550. The number of rotatable bonds is 9. The van der Waals surface area contributed by atoms with Crippen LogP contribution in [0.5, 0.6) is 5.75 Å². The van der Waals surface area contributed by atoms with Crippen LogP contribution in [0.15, 0.2) is 24.4 Å². The second-order valence-corrected chi connectivity index (χ2v) is 7.05. The highest BCUT2D eigenvalue weighted by Crippen LogP contribution is 2.21. The molecule has 0 radical (unpaired) electrons.